The first-order valence-corrected chi connectivity index (χ1v) is 5.76. The van der Waals surface area contributed by atoms with Gasteiger partial charge in [-0.3, -0.25) is 4.79 Å². The van der Waals surface area contributed by atoms with Gasteiger partial charge in [0.2, 0.25) is 0 Å². The monoisotopic (exact) mass is 261 g/mol. The van der Waals surface area contributed by atoms with E-state index in [-0.39, 0.29) is 0 Å². The number of carbonyl (C=O) groups is 1. The fraction of sp³-hybridized carbons (Fsp3) is 0.250. The van der Waals surface area contributed by atoms with E-state index in [9.17, 15) is 4.79 Å². The van der Waals surface area contributed by atoms with Crippen LogP contribution in [0.1, 0.15) is 6.92 Å². The summed E-state index contributed by atoms with van der Waals surface area (Å²) in [6.07, 6.45) is 3.21. The molecule has 1 unspecified atom stereocenters. The van der Waals surface area contributed by atoms with Crippen LogP contribution in [0.4, 0.5) is 17.5 Å². The molecule has 0 aliphatic rings. The molecule has 2 heterocycles. The van der Waals surface area contributed by atoms with E-state index in [0.29, 0.717) is 11.6 Å². The number of nitrogens with one attached hydrogen (secondary N) is 2. The topological polar surface area (TPSA) is 94.1 Å². The van der Waals surface area contributed by atoms with E-state index >= 15 is 0 Å². The van der Waals surface area contributed by atoms with Crippen LogP contribution >= 0.6 is 0 Å². The van der Waals surface area contributed by atoms with Crippen molar-refractivity contribution in [3.8, 4) is 0 Å². The van der Waals surface area contributed by atoms with Crippen molar-refractivity contribution in [3.05, 3.63) is 30.7 Å². The standard InChI is InChI=1S/C12H15N5O2/c1-8(12(18)19)16-9-6-11(15-7-14-9)17(2)10-4-3-5-13-10/h3-8,13H,1-2H3,(H,18,19)(H,14,15,16). The summed E-state index contributed by atoms with van der Waals surface area (Å²) < 4.78 is 0. The maximum atomic E-state index is 10.8. The van der Waals surface area contributed by atoms with Crippen LogP contribution < -0.4 is 10.2 Å². The van der Waals surface area contributed by atoms with Crippen LogP contribution in [-0.4, -0.2) is 39.1 Å². The number of carboxylic acids is 1. The number of hydrogen-bond acceptors (Lipinski definition) is 5. The number of nitrogens with zero attached hydrogens (tertiary/aromatic N) is 3. The Kier molecular flexibility index (Phi) is 3.65. The summed E-state index contributed by atoms with van der Waals surface area (Å²) >= 11 is 0. The number of rotatable bonds is 5. The van der Waals surface area contributed by atoms with Gasteiger partial charge in [0.05, 0.1) is 0 Å². The van der Waals surface area contributed by atoms with Gasteiger partial charge in [0.25, 0.3) is 0 Å². The van der Waals surface area contributed by atoms with Crippen molar-refractivity contribution in [2.75, 3.05) is 17.3 Å². The first-order valence-electron chi connectivity index (χ1n) is 5.76. The van der Waals surface area contributed by atoms with Crippen LogP contribution in [0.5, 0.6) is 0 Å². The zero-order valence-corrected chi connectivity index (χ0v) is 10.7. The largest absolute Gasteiger partial charge is 0.480 e. The lowest BCUT2D eigenvalue weighted by Gasteiger charge is -2.17. The van der Waals surface area contributed by atoms with Crippen LogP contribution in [0.15, 0.2) is 30.7 Å². The Balaban J connectivity index is 2.17. The van der Waals surface area contributed by atoms with Crippen LogP contribution in [0.25, 0.3) is 0 Å². The molecule has 0 aromatic carbocycles. The molecule has 2 aromatic rings. The van der Waals surface area contributed by atoms with Crippen molar-refractivity contribution < 1.29 is 9.90 Å². The van der Waals surface area contributed by atoms with Crippen LogP contribution in [0, 0.1) is 0 Å². The lowest BCUT2D eigenvalue weighted by molar-refractivity contribution is -0.137. The Bertz CT molecular complexity index is 555. The second-order valence-electron chi connectivity index (χ2n) is 4.08. The molecule has 0 saturated carbocycles. The van der Waals surface area contributed by atoms with E-state index in [1.54, 1.807) is 13.0 Å². The molecule has 19 heavy (non-hydrogen) atoms. The van der Waals surface area contributed by atoms with Crippen molar-refractivity contribution in [2.24, 2.45) is 0 Å². The highest BCUT2D eigenvalue weighted by Crippen LogP contribution is 2.20. The highest BCUT2D eigenvalue weighted by molar-refractivity contribution is 5.76. The summed E-state index contributed by atoms with van der Waals surface area (Å²) in [6.45, 7) is 1.55. The molecule has 2 aromatic heterocycles. The number of aromatic nitrogens is 3. The molecule has 0 radical (unpaired) electrons. The third-order valence-electron chi connectivity index (χ3n) is 2.67. The van der Waals surface area contributed by atoms with E-state index in [4.69, 9.17) is 5.11 Å². The Morgan fingerprint density at radius 3 is 2.95 bits per heavy atom. The zero-order valence-electron chi connectivity index (χ0n) is 10.7. The molecule has 2 rings (SSSR count). The lowest BCUT2D eigenvalue weighted by atomic mass is 10.3. The fourth-order valence-corrected chi connectivity index (χ4v) is 1.55. The third kappa shape index (κ3) is 3.01. The zero-order chi connectivity index (χ0) is 13.8. The van der Waals surface area contributed by atoms with Crippen molar-refractivity contribution >= 4 is 23.4 Å². The molecule has 7 heteroatoms. The summed E-state index contributed by atoms with van der Waals surface area (Å²) in [5.41, 5.74) is 0. The van der Waals surface area contributed by atoms with Crippen molar-refractivity contribution in [2.45, 2.75) is 13.0 Å². The van der Waals surface area contributed by atoms with Crippen molar-refractivity contribution in [1.82, 2.24) is 15.0 Å². The van der Waals surface area contributed by atoms with E-state index in [1.165, 1.54) is 6.33 Å². The smallest absolute Gasteiger partial charge is 0.325 e. The van der Waals surface area contributed by atoms with Gasteiger partial charge in [-0.1, -0.05) is 0 Å². The quantitative estimate of drug-likeness (QED) is 0.754. The Morgan fingerprint density at radius 1 is 1.53 bits per heavy atom. The highest BCUT2D eigenvalue weighted by atomic mass is 16.4. The first-order chi connectivity index (χ1) is 9.08. The minimum absolute atomic E-state index is 0.471. The molecule has 0 fully saturated rings. The summed E-state index contributed by atoms with van der Waals surface area (Å²) in [5, 5.41) is 11.6. The Labute approximate surface area is 110 Å². The van der Waals surface area contributed by atoms with Gasteiger partial charge >= 0.3 is 5.97 Å². The molecular weight excluding hydrogens is 246 g/mol. The Morgan fingerprint density at radius 2 is 2.32 bits per heavy atom. The van der Waals surface area contributed by atoms with E-state index in [1.807, 2.05) is 30.3 Å². The summed E-state index contributed by atoms with van der Waals surface area (Å²) in [7, 11) is 1.86. The molecule has 0 spiro atoms. The minimum Gasteiger partial charge on any atom is -0.480 e. The maximum absolute atomic E-state index is 10.8. The molecule has 7 nitrogen and oxygen atoms in total. The maximum Gasteiger partial charge on any atom is 0.325 e. The van der Waals surface area contributed by atoms with Gasteiger partial charge in [-0.05, 0) is 19.1 Å². The normalized spacial score (nSPS) is 11.9. The summed E-state index contributed by atoms with van der Waals surface area (Å²) in [4.78, 5) is 23.9. The predicted octanol–water partition coefficient (Wildman–Crippen LogP) is 1.46. The van der Waals surface area contributed by atoms with Gasteiger partial charge in [0.15, 0.2) is 0 Å². The molecular formula is C12H15N5O2. The number of H-pyrrole nitrogens is 1. The predicted molar refractivity (Wildman–Crippen MR) is 71.6 cm³/mol. The van der Waals surface area contributed by atoms with E-state index in [0.717, 1.165) is 5.82 Å². The molecule has 0 aliphatic heterocycles. The van der Waals surface area contributed by atoms with Crippen LogP contribution in [-0.2, 0) is 4.79 Å². The molecule has 100 valence electrons. The molecule has 0 aliphatic carbocycles. The van der Waals surface area contributed by atoms with Gasteiger partial charge < -0.3 is 20.3 Å². The number of anilines is 3. The molecule has 0 amide bonds. The van der Waals surface area contributed by atoms with Gasteiger partial charge in [-0.25, -0.2) is 9.97 Å². The highest BCUT2D eigenvalue weighted by Gasteiger charge is 2.12. The number of hydrogen-bond donors (Lipinski definition) is 3. The average Bonchev–Trinajstić information content (AvgIpc) is 2.92. The summed E-state index contributed by atoms with van der Waals surface area (Å²) in [5.74, 6) is 1.09. The van der Waals surface area contributed by atoms with Crippen LogP contribution in [0.3, 0.4) is 0 Å². The first kappa shape index (κ1) is 12.9. The van der Waals surface area contributed by atoms with Gasteiger partial charge in [-0.2, -0.15) is 0 Å². The SMILES string of the molecule is CC(Nc1cc(N(C)c2ccc[nH]2)ncn1)C(=O)O. The van der Waals surface area contributed by atoms with Crippen molar-refractivity contribution in [3.63, 3.8) is 0 Å². The second kappa shape index (κ2) is 5.38. The minimum atomic E-state index is -0.933. The summed E-state index contributed by atoms with van der Waals surface area (Å²) in [6, 6.07) is 4.78. The van der Waals surface area contributed by atoms with Crippen LogP contribution in [0.2, 0.25) is 0 Å². The lowest BCUT2D eigenvalue weighted by Crippen LogP contribution is -2.26. The van der Waals surface area contributed by atoms with E-state index < -0.39 is 12.0 Å². The van der Waals surface area contributed by atoms with E-state index in [2.05, 4.69) is 20.3 Å². The van der Waals surface area contributed by atoms with Gasteiger partial charge in [0, 0.05) is 19.3 Å². The molecule has 1 atom stereocenters. The number of carboxylic acid groups (broad SMARTS) is 1. The molecule has 0 bridgehead atoms. The third-order valence-corrected chi connectivity index (χ3v) is 2.67. The molecule has 3 N–H and O–H groups in total. The molecule has 0 saturated heterocycles. The number of aliphatic carboxylic acids is 1. The number of aromatic amines is 1. The van der Waals surface area contributed by atoms with Gasteiger partial charge in [0.1, 0.15) is 29.8 Å². The van der Waals surface area contributed by atoms with Crippen molar-refractivity contribution in [1.29, 1.82) is 0 Å². The Hall–Kier alpha value is -2.57. The second-order valence-corrected chi connectivity index (χ2v) is 4.08. The van der Waals surface area contributed by atoms with Gasteiger partial charge in [-0.15, -0.1) is 0 Å². The fourth-order valence-electron chi connectivity index (χ4n) is 1.55. The average molecular weight is 261 g/mol.